The first-order chi connectivity index (χ1) is 14.4. The summed E-state index contributed by atoms with van der Waals surface area (Å²) < 4.78 is 7.28. The van der Waals surface area contributed by atoms with E-state index in [-0.39, 0.29) is 16.9 Å². The van der Waals surface area contributed by atoms with Crippen molar-refractivity contribution in [3.63, 3.8) is 0 Å². The molecule has 1 aliphatic rings. The number of rotatable bonds is 3. The van der Waals surface area contributed by atoms with Crippen LogP contribution < -0.4 is 5.73 Å². The third kappa shape index (κ3) is 5.46. The molecule has 0 radical (unpaired) electrons. The summed E-state index contributed by atoms with van der Waals surface area (Å²) >= 11 is 6.18. The number of aromatic nitrogens is 1. The largest absolute Gasteiger partial charge is 0.446 e. The van der Waals surface area contributed by atoms with Crippen LogP contribution in [0.2, 0.25) is 5.02 Å². The van der Waals surface area contributed by atoms with Crippen molar-refractivity contribution in [2.24, 2.45) is 22.7 Å². The predicted octanol–water partition coefficient (Wildman–Crippen LogP) is 7.37. The van der Waals surface area contributed by atoms with Crippen molar-refractivity contribution in [1.29, 1.82) is 0 Å². The second-order valence-electron chi connectivity index (χ2n) is 11.2. The number of ether oxygens (including phenoxy) is 1. The fraction of sp³-hybridized carbons (Fsp3) is 0.577. The molecule has 1 saturated carbocycles. The molecular formula is C26H37ClN2O2. The second-order valence-corrected chi connectivity index (χ2v) is 11.6. The van der Waals surface area contributed by atoms with E-state index >= 15 is 0 Å². The Morgan fingerprint density at radius 3 is 2.19 bits per heavy atom. The number of carbonyl (C=O) groups is 1. The van der Waals surface area contributed by atoms with Gasteiger partial charge in [-0.15, -0.1) is 0 Å². The van der Waals surface area contributed by atoms with Crippen LogP contribution in [-0.2, 0) is 4.74 Å². The number of nitrogens with two attached hydrogens (primary N) is 1. The summed E-state index contributed by atoms with van der Waals surface area (Å²) in [7, 11) is 0. The average molecular weight is 445 g/mol. The van der Waals surface area contributed by atoms with Crippen LogP contribution >= 0.6 is 11.6 Å². The van der Waals surface area contributed by atoms with Crippen molar-refractivity contribution in [3.05, 3.63) is 53.2 Å². The predicted molar refractivity (Wildman–Crippen MR) is 128 cm³/mol. The first kappa shape index (κ1) is 23.7. The Bertz CT molecular complexity index is 875. The topological polar surface area (TPSA) is 57.2 Å². The van der Waals surface area contributed by atoms with Crippen LogP contribution in [0.5, 0.6) is 0 Å². The summed E-state index contributed by atoms with van der Waals surface area (Å²) in [4.78, 5) is 12.7. The van der Waals surface area contributed by atoms with Gasteiger partial charge in [0.15, 0.2) is 0 Å². The van der Waals surface area contributed by atoms with Gasteiger partial charge in [0.1, 0.15) is 11.9 Å². The van der Waals surface area contributed by atoms with Gasteiger partial charge in [0.25, 0.3) is 0 Å². The Hall–Kier alpha value is -1.94. The number of hydrogen-bond donors (Lipinski definition) is 1. The molecule has 5 heteroatoms. The quantitative estimate of drug-likeness (QED) is 0.537. The molecule has 0 amide bonds. The number of carbonyl (C=O) groups excluding carboxylic acids is 1. The van der Waals surface area contributed by atoms with Crippen molar-refractivity contribution in [2.45, 2.75) is 72.8 Å². The fourth-order valence-electron chi connectivity index (χ4n) is 6.10. The van der Waals surface area contributed by atoms with Crippen LogP contribution in [0.25, 0.3) is 0 Å². The molecule has 1 aliphatic carbocycles. The maximum absolute atomic E-state index is 12.7. The van der Waals surface area contributed by atoms with Crippen molar-refractivity contribution in [3.8, 4) is 0 Å². The maximum Gasteiger partial charge on any atom is 0.419 e. The van der Waals surface area contributed by atoms with E-state index in [4.69, 9.17) is 22.1 Å². The summed E-state index contributed by atoms with van der Waals surface area (Å²) in [6.45, 7) is 14.1. The lowest BCUT2D eigenvalue weighted by Gasteiger charge is -2.51. The molecule has 1 aromatic heterocycles. The van der Waals surface area contributed by atoms with Gasteiger partial charge in [0, 0.05) is 11.2 Å². The lowest BCUT2D eigenvalue weighted by Crippen LogP contribution is -2.44. The highest BCUT2D eigenvalue weighted by Gasteiger charge is 2.46. The van der Waals surface area contributed by atoms with Crippen LogP contribution in [0.4, 0.5) is 10.6 Å². The Morgan fingerprint density at radius 2 is 1.68 bits per heavy atom. The lowest BCUT2D eigenvalue weighted by molar-refractivity contribution is -0.0167. The van der Waals surface area contributed by atoms with Crippen LogP contribution in [-0.4, -0.2) is 16.8 Å². The number of benzene rings is 1. The highest BCUT2D eigenvalue weighted by atomic mass is 35.5. The van der Waals surface area contributed by atoms with Gasteiger partial charge in [-0.3, -0.25) is 0 Å². The molecule has 0 bridgehead atoms. The van der Waals surface area contributed by atoms with Gasteiger partial charge in [0.2, 0.25) is 0 Å². The zero-order valence-corrected chi connectivity index (χ0v) is 20.4. The molecule has 0 saturated heterocycles. The summed E-state index contributed by atoms with van der Waals surface area (Å²) in [6, 6.07) is 11.7. The smallest absolute Gasteiger partial charge is 0.419 e. The molecule has 3 rings (SSSR count). The lowest BCUT2D eigenvalue weighted by atomic mass is 9.55. The highest BCUT2D eigenvalue weighted by Crippen LogP contribution is 2.54. The molecule has 0 aliphatic heterocycles. The Kier molecular flexibility index (Phi) is 6.81. The normalized spacial score (nSPS) is 22.5. The summed E-state index contributed by atoms with van der Waals surface area (Å²) in [5.74, 6) is 1.70. The number of nitrogen functional groups attached to an aromatic ring is 1. The van der Waals surface area contributed by atoms with E-state index in [0.717, 1.165) is 24.3 Å². The molecule has 170 valence electrons. The SMILES string of the molecule is CC(C)(C)C(C1CCC(OC(=O)n2cccc2N)CC1c1ccc(Cl)cc1)C(C)(C)C. The van der Waals surface area contributed by atoms with Crippen molar-refractivity contribution in [1.82, 2.24) is 4.57 Å². The van der Waals surface area contributed by atoms with E-state index in [1.54, 1.807) is 18.3 Å². The van der Waals surface area contributed by atoms with Gasteiger partial charge >= 0.3 is 6.09 Å². The van der Waals surface area contributed by atoms with Crippen molar-refractivity contribution >= 4 is 23.5 Å². The summed E-state index contributed by atoms with van der Waals surface area (Å²) in [6.07, 6.45) is 3.81. The Morgan fingerprint density at radius 1 is 1.06 bits per heavy atom. The number of hydrogen-bond acceptors (Lipinski definition) is 3. The van der Waals surface area contributed by atoms with Crippen molar-refractivity contribution in [2.75, 3.05) is 5.73 Å². The van der Waals surface area contributed by atoms with Crippen molar-refractivity contribution < 1.29 is 9.53 Å². The molecular weight excluding hydrogens is 408 g/mol. The molecule has 1 aromatic carbocycles. The molecule has 4 nitrogen and oxygen atoms in total. The minimum Gasteiger partial charge on any atom is -0.446 e. The molecule has 2 N–H and O–H groups in total. The monoisotopic (exact) mass is 444 g/mol. The maximum atomic E-state index is 12.7. The van der Waals surface area contributed by atoms with E-state index in [1.807, 2.05) is 12.1 Å². The summed E-state index contributed by atoms with van der Waals surface area (Å²) in [5, 5.41) is 0.741. The minimum atomic E-state index is -0.399. The van der Waals surface area contributed by atoms with E-state index < -0.39 is 6.09 Å². The van der Waals surface area contributed by atoms with Crippen LogP contribution in [0, 0.1) is 22.7 Å². The first-order valence-electron chi connectivity index (χ1n) is 11.3. The Balaban J connectivity index is 1.90. The minimum absolute atomic E-state index is 0.133. The summed E-state index contributed by atoms with van der Waals surface area (Å²) in [5.41, 5.74) is 7.49. The highest BCUT2D eigenvalue weighted by molar-refractivity contribution is 6.30. The number of anilines is 1. The molecule has 0 spiro atoms. The molecule has 3 unspecified atom stereocenters. The molecule has 2 aromatic rings. The van der Waals surface area contributed by atoms with Gasteiger partial charge in [-0.25, -0.2) is 9.36 Å². The first-order valence-corrected chi connectivity index (χ1v) is 11.6. The van der Waals surface area contributed by atoms with Gasteiger partial charge < -0.3 is 10.5 Å². The third-order valence-electron chi connectivity index (χ3n) is 6.69. The molecule has 1 heterocycles. The standard InChI is InChI=1S/C26H37ClN2O2/c1-25(2,3)23(26(4,5)6)20-14-13-19(31-24(30)29-15-7-8-22(29)28)16-21(20)17-9-11-18(27)12-10-17/h7-12,15,19-21,23H,13-14,16,28H2,1-6H3. The van der Waals surface area contributed by atoms with Crippen LogP contribution in [0.15, 0.2) is 42.6 Å². The molecule has 31 heavy (non-hydrogen) atoms. The zero-order valence-electron chi connectivity index (χ0n) is 19.7. The van der Waals surface area contributed by atoms with E-state index in [1.165, 1.54) is 10.1 Å². The zero-order chi connectivity index (χ0) is 23.0. The van der Waals surface area contributed by atoms with E-state index in [0.29, 0.717) is 23.6 Å². The van der Waals surface area contributed by atoms with Crippen LogP contribution in [0.1, 0.15) is 72.3 Å². The third-order valence-corrected chi connectivity index (χ3v) is 6.94. The van der Waals surface area contributed by atoms with Gasteiger partial charge in [0.05, 0.1) is 0 Å². The van der Waals surface area contributed by atoms with Gasteiger partial charge in [-0.1, -0.05) is 65.3 Å². The van der Waals surface area contributed by atoms with E-state index in [9.17, 15) is 4.79 Å². The fourth-order valence-corrected chi connectivity index (χ4v) is 6.22. The number of nitrogens with zero attached hydrogens (tertiary/aromatic N) is 1. The van der Waals surface area contributed by atoms with Gasteiger partial charge in [-0.05, 0) is 77.7 Å². The second kappa shape index (κ2) is 8.90. The van der Waals surface area contributed by atoms with E-state index in [2.05, 4.69) is 53.7 Å². The number of halogens is 1. The average Bonchev–Trinajstić information content (AvgIpc) is 3.07. The Labute approximate surface area is 192 Å². The van der Waals surface area contributed by atoms with Gasteiger partial charge in [-0.2, -0.15) is 0 Å². The molecule has 3 atom stereocenters. The van der Waals surface area contributed by atoms with Crippen LogP contribution in [0.3, 0.4) is 0 Å². The molecule has 1 fully saturated rings.